The molecule has 0 saturated carbocycles. The maximum Gasteiger partial charge on any atom is 0.330 e. The van der Waals surface area contributed by atoms with Crippen LogP contribution in [-0.4, -0.2) is 9.13 Å². The van der Waals surface area contributed by atoms with Crippen molar-refractivity contribution in [2.45, 2.75) is 6.92 Å². The Morgan fingerprint density at radius 3 is 2.27 bits per heavy atom. The molecule has 1 rings (SSSR count). The minimum Gasteiger partial charge on any atom is -0.296 e. The van der Waals surface area contributed by atoms with E-state index >= 15 is 0 Å². The van der Waals surface area contributed by atoms with E-state index in [2.05, 4.69) is 6.58 Å². The van der Waals surface area contributed by atoms with Crippen LogP contribution < -0.4 is 11.2 Å². The first-order valence-corrected chi connectivity index (χ1v) is 4.59. The number of rotatable bonds is 2. The molecule has 4 heteroatoms. The Morgan fingerprint density at radius 1 is 1.20 bits per heavy atom. The summed E-state index contributed by atoms with van der Waals surface area (Å²) in [5, 5.41) is 0. The molecule has 0 unspecified atom stereocenters. The molecule has 1 heterocycles. The van der Waals surface area contributed by atoms with E-state index in [9.17, 15) is 9.59 Å². The summed E-state index contributed by atoms with van der Waals surface area (Å²) in [4.78, 5) is 23.3. The van der Waals surface area contributed by atoms with Crippen molar-refractivity contribution in [2.75, 3.05) is 0 Å². The van der Waals surface area contributed by atoms with Crippen LogP contribution in [0.1, 0.15) is 18.2 Å². The highest BCUT2D eigenvalue weighted by Gasteiger charge is 2.09. The van der Waals surface area contributed by atoms with Crippen LogP contribution in [-0.2, 0) is 14.1 Å². The Morgan fingerprint density at radius 2 is 1.80 bits per heavy atom. The van der Waals surface area contributed by atoms with Crippen LogP contribution in [0.2, 0.25) is 0 Å². The smallest absolute Gasteiger partial charge is 0.296 e. The van der Waals surface area contributed by atoms with Crippen LogP contribution in [0.3, 0.4) is 0 Å². The van der Waals surface area contributed by atoms with Crippen molar-refractivity contribution < 1.29 is 0 Å². The molecule has 0 N–H and O–H groups in total. The van der Waals surface area contributed by atoms with Crippen LogP contribution >= 0.6 is 0 Å². The fourth-order valence-electron chi connectivity index (χ4n) is 1.44. The van der Waals surface area contributed by atoms with E-state index in [4.69, 9.17) is 0 Å². The standard InChI is InChI=1S/C11H14N2O2/c1-5-7-9-8(6-2)10(14)13(4)11(15)12(9)3/h5-7H,2H2,1,3-4H3/b7-5-. The normalized spacial score (nSPS) is 10.9. The van der Waals surface area contributed by atoms with Gasteiger partial charge in [0.15, 0.2) is 0 Å². The number of allylic oxidation sites excluding steroid dienone is 1. The summed E-state index contributed by atoms with van der Waals surface area (Å²) in [5.41, 5.74) is 0.373. The number of hydrogen-bond acceptors (Lipinski definition) is 2. The molecule has 0 bridgehead atoms. The van der Waals surface area contributed by atoms with Gasteiger partial charge in [0.25, 0.3) is 5.56 Å². The molecule has 1 aromatic heterocycles. The van der Waals surface area contributed by atoms with Gasteiger partial charge in [-0.1, -0.05) is 18.7 Å². The van der Waals surface area contributed by atoms with Gasteiger partial charge in [-0.3, -0.25) is 13.9 Å². The second-order valence-electron chi connectivity index (χ2n) is 3.21. The fraction of sp³-hybridized carbons (Fsp3) is 0.273. The summed E-state index contributed by atoms with van der Waals surface area (Å²) < 4.78 is 2.50. The van der Waals surface area contributed by atoms with Crippen LogP contribution in [0, 0.1) is 0 Å². The quantitative estimate of drug-likeness (QED) is 0.717. The molecule has 0 aliphatic heterocycles. The van der Waals surface area contributed by atoms with Crippen molar-refractivity contribution in [1.82, 2.24) is 9.13 Å². The van der Waals surface area contributed by atoms with Crippen molar-refractivity contribution >= 4 is 12.2 Å². The zero-order valence-corrected chi connectivity index (χ0v) is 9.15. The number of aromatic nitrogens is 2. The average Bonchev–Trinajstić information content (AvgIpc) is 2.24. The highest BCUT2D eigenvalue weighted by atomic mass is 16.2. The molecule has 0 aromatic carbocycles. The molecule has 0 amide bonds. The second kappa shape index (κ2) is 4.13. The zero-order chi connectivity index (χ0) is 11.6. The Bertz CT molecular complexity index is 533. The topological polar surface area (TPSA) is 44.0 Å². The summed E-state index contributed by atoms with van der Waals surface area (Å²) in [6.45, 7) is 5.41. The molecule has 0 aliphatic carbocycles. The van der Waals surface area contributed by atoms with Crippen molar-refractivity contribution in [3.05, 3.63) is 44.8 Å². The van der Waals surface area contributed by atoms with Crippen molar-refractivity contribution in [1.29, 1.82) is 0 Å². The number of hydrogen-bond donors (Lipinski definition) is 0. The van der Waals surface area contributed by atoms with Crippen LogP contribution in [0.5, 0.6) is 0 Å². The zero-order valence-electron chi connectivity index (χ0n) is 9.15. The van der Waals surface area contributed by atoms with Gasteiger partial charge in [0, 0.05) is 14.1 Å². The molecular weight excluding hydrogens is 192 g/mol. The predicted molar refractivity (Wildman–Crippen MR) is 61.7 cm³/mol. The van der Waals surface area contributed by atoms with E-state index in [-0.39, 0.29) is 11.2 Å². The summed E-state index contributed by atoms with van der Waals surface area (Å²) in [6, 6.07) is 0. The van der Waals surface area contributed by atoms with Crippen LogP contribution in [0.25, 0.3) is 12.2 Å². The first kappa shape index (κ1) is 11.2. The molecule has 0 aliphatic rings. The lowest BCUT2D eigenvalue weighted by atomic mass is 10.2. The molecular formula is C11H14N2O2. The highest BCUT2D eigenvalue weighted by molar-refractivity contribution is 5.60. The van der Waals surface area contributed by atoms with Gasteiger partial charge in [-0.2, -0.15) is 0 Å². The van der Waals surface area contributed by atoms with E-state index in [0.29, 0.717) is 11.3 Å². The van der Waals surface area contributed by atoms with Gasteiger partial charge in [-0.15, -0.1) is 0 Å². The third-order valence-electron chi connectivity index (χ3n) is 2.27. The van der Waals surface area contributed by atoms with Gasteiger partial charge in [0.2, 0.25) is 0 Å². The second-order valence-corrected chi connectivity index (χ2v) is 3.21. The first-order valence-electron chi connectivity index (χ1n) is 4.59. The molecule has 80 valence electrons. The Labute approximate surface area is 87.8 Å². The summed E-state index contributed by atoms with van der Waals surface area (Å²) in [6.07, 6.45) is 4.97. The van der Waals surface area contributed by atoms with E-state index in [1.54, 1.807) is 19.2 Å². The minimum atomic E-state index is -0.335. The Hall–Kier alpha value is -1.84. The van der Waals surface area contributed by atoms with Crippen LogP contribution in [0.4, 0.5) is 0 Å². The van der Waals surface area contributed by atoms with Gasteiger partial charge >= 0.3 is 5.69 Å². The van der Waals surface area contributed by atoms with Gasteiger partial charge in [-0.05, 0) is 13.0 Å². The molecule has 0 atom stereocenters. The minimum absolute atomic E-state index is 0.318. The van der Waals surface area contributed by atoms with E-state index in [1.165, 1.54) is 17.7 Å². The van der Waals surface area contributed by atoms with Gasteiger partial charge < -0.3 is 0 Å². The summed E-state index contributed by atoms with van der Waals surface area (Å²) in [5.74, 6) is 0. The first-order chi connectivity index (χ1) is 7.04. The Balaban J connectivity index is 3.86. The third kappa shape index (κ3) is 1.70. The van der Waals surface area contributed by atoms with Crippen molar-refractivity contribution in [2.24, 2.45) is 14.1 Å². The lowest BCUT2D eigenvalue weighted by molar-refractivity contribution is 0.678. The van der Waals surface area contributed by atoms with Crippen LogP contribution in [0.15, 0.2) is 22.2 Å². The highest BCUT2D eigenvalue weighted by Crippen LogP contribution is 2.04. The van der Waals surface area contributed by atoms with E-state index < -0.39 is 0 Å². The SMILES string of the molecule is C=Cc1c(/C=C\C)n(C)c(=O)n(C)c1=O. The fourth-order valence-corrected chi connectivity index (χ4v) is 1.44. The molecule has 0 fully saturated rings. The molecule has 15 heavy (non-hydrogen) atoms. The molecule has 0 radical (unpaired) electrons. The maximum atomic E-state index is 11.7. The predicted octanol–water partition coefficient (Wildman–Crippen LogP) is 0.760. The number of nitrogens with zero attached hydrogens (tertiary/aromatic N) is 2. The summed E-state index contributed by atoms with van der Waals surface area (Å²) in [7, 11) is 3.08. The van der Waals surface area contributed by atoms with E-state index in [0.717, 1.165) is 4.57 Å². The molecule has 1 aromatic rings. The largest absolute Gasteiger partial charge is 0.330 e. The molecule has 0 spiro atoms. The molecule has 4 nitrogen and oxygen atoms in total. The van der Waals surface area contributed by atoms with Gasteiger partial charge in [-0.25, -0.2) is 4.79 Å². The van der Waals surface area contributed by atoms with Gasteiger partial charge in [0.05, 0.1) is 11.3 Å². The lowest BCUT2D eigenvalue weighted by Crippen LogP contribution is -2.39. The van der Waals surface area contributed by atoms with E-state index in [1.807, 2.05) is 6.92 Å². The maximum absolute atomic E-state index is 11.7. The van der Waals surface area contributed by atoms with Crippen molar-refractivity contribution in [3.8, 4) is 0 Å². The molecule has 0 saturated heterocycles. The summed E-state index contributed by atoms with van der Waals surface area (Å²) >= 11 is 0. The Kier molecular flexibility index (Phi) is 3.09. The average molecular weight is 206 g/mol. The van der Waals surface area contributed by atoms with Crippen molar-refractivity contribution in [3.63, 3.8) is 0 Å². The third-order valence-corrected chi connectivity index (χ3v) is 2.27. The monoisotopic (exact) mass is 206 g/mol. The lowest BCUT2D eigenvalue weighted by Gasteiger charge is -2.09. The van der Waals surface area contributed by atoms with Gasteiger partial charge in [0.1, 0.15) is 0 Å².